The van der Waals surface area contributed by atoms with Crippen LogP contribution < -0.4 is 9.64 Å². The van der Waals surface area contributed by atoms with Gasteiger partial charge in [-0.2, -0.15) is 0 Å². The number of unbranched alkanes of at least 4 members (excludes halogenated alkanes) is 2. The molecule has 0 unspecified atom stereocenters. The van der Waals surface area contributed by atoms with E-state index in [9.17, 15) is 9.59 Å². The third-order valence-electron chi connectivity index (χ3n) is 6.37. The van der Waals surface area contributed by atoms with E-state index < -0.39 is 0 Å². The van der Waals surface area contributed by atoms with Gasteiger partial charge in [0.1, 0.15) is 5.75 Å². The summed E-state index contributed by atoms with van der Waals surface area (Å²) in [6.45, 7) is 5.86. The van der Waals surface area contributed by atoms with Gasteiger partial charge in [-0.1, -0.05) is 30.3 Å². The highest BCUT2D eigenvalue weighted by Crippen LogP contribution is 2.32. The number of para-hydroxylation sites is 2. The Kier molecular flexibility index (Phi) is 9.35. The normalized spacial score (nSPS) is 20.4. The first-order chi connectivity index (χ1) is 14.7. The zero-order chi connectivity index (χ0) is 20.8. The predicted octanol–water partition coefficient (Wildman–Crippen LogP) is 4.42. The van der Waals surface area contributed by atoms with Crippen LogP contribution in [0.5, 0.6) is 5.75 Å². The molecule has 2 heterocycles. The fourth-order valence-electron chi connectivity index (χ4n) is 4.60. The topological polar surface area (TPSA) is 53.1 Å². The molecule has 0 bridgehead atoms. The lowest BCUT2D eigenvalue weighted by Crippen LogP contribution is -2.46. The lowest BCUT2D eigenvalue weighted by Gasteiger charge is -2.37. The molecule has 0 spiro atoms. The molecule has 8 heteroatoms. The van der Waals surface area contributed by atoms with Crippen LogP contribution in [0, 0.1) is 0 Å². The first-order valence-corrected chi connectivity index (χ1v) is 12.4. The van der Waals surface area contributed by atoms with Gasteiger partial charge in [0, 0.05) is 32.7 Å². The number of carbonyl (C=O) groups is 2. The van der Waals surface area contributed by atoms with E-state index in [2.05, 4.69) is 34.1 Å². The maximum atomic E-state index is 11.6. The van der Waals surface area contributed by atoms with Crippen molar-refractivity contribution in [1.29, 1.82) is 0 Å². The minimum Gasteiger partial charge on any atom is -0.488 e. The first-order valence-electron chi connectivity index (χ1n) is 11.4. The molecule has 4 rings (SSSR count). The zero-order valence-corrected chi connectivity index (χ0v) is 19.8. The van der Waals surface area contributed by atoms with Gasteiger partial charge in [-0.3, -0.25) is 19.4 Å². The quantitative estimate of drug-likeness (QED) is 0.501. The van der Waals surface area contributed by atoms with E-state index in [1.54, 1.807) is 0 Å². The standard InChI is InChI=1S/C23H33N3O3S.ClH/c27-22-18-30-23(28)26(22)13-7-1-6-12-24-14-16-25(17-15-24)20-10-4-5-11-21(20)29-19-8-2-3-9-19;/h4-5,10-11,19H,1-3,6-9,12-18H2;1H. The number of hydrogen-bond donors (Lipinski definition) is 0. The van der Waals surface area contributed by atoms with Gasteiger partial charge in [-0.05, 0) is 57.2 Å². The van der Waals surface area contributed by atoms with Crippen LogP contribution in [0.15, 0.2) is 24.3 Å². The molecule has 3 fully saturated rings. The smallest absolute Gasteiger partial charge is 0.288 e. The highest BCUT2D eigenvalue weighted by atomic mass is 35.5. The summed E-state index contributed by atoms with van der Waals surface area (Å²) in [7, 11) is 0. The predicted molar refractivity (Wildman–Crippen MR) is 129 cm³/mol. The monoisotopic (exact) mass is 467 g/mol. The summed E-state index contributed by atoms with van der Waals surface area (Å²) in [4.78, 5) is 29.6. The summed E-state index contributed by atoms with van der Waals surface area (Å²) in [5, 5.41) is -0.0756. The molecule has 1 aliphatic carbocycles. The fraction of sp³-hybridized carbons (Fsp3) is 0.652. The molecule has 0 atom stereocenters. The summed E-state index contributed by atoms with van der Waals surface area (Å²) in [5.41, 5.74) is 1.24. The van der Waals surface area contributed by atoms with Crippen molar-refractivity contribution in [2.45, 2.75) is 51.0 Å². The SMILES string of the molecule is Cl.O=C1CSC(=O)N1CCCCCN1CCN(c2ccccc2OC2CCCC2)CC1. The van der Waals surface area contributed by atoms with Crippen LogP contribution in [-0.4, -0.2) is 72.1 Å². The molecule has 2 amide bonds. The summed E-state index contributed by atoms with van der Waals surface area (Å²) in [5.74, 6) is 1.33. The Bertz CT molecular complexity index is 721. The van der Waals surface area contributed by atoms with Gasteiger partial charge in [0.15, 0.2) is 0 Å². The number of ether oxygens (including phenoxy) is 1. The molecule has 172 valence electrons. The molecule has 2 saturated heterocycles. The van der Waals surface area contributed by atoms with E-state index in [0.717, 1.165) is 69.5 Å². The van der Waals surface area contributed by atoms with Gasteiger partial charge >= 0.3 is 0 Å². The first kappa shape index (κ1) is 24.2. The van der Waals surface area contributed by atoms with Gasteiger partial charge in [0.2, 0.25) is 5.91 Å². The summed E-state index contributed by atoms with van der Waals surface area (Å²) >= 11 is 1.12. The van der Waals surface area contributed by atoms with Crippen LogP contribution in [-0.2, 0) is 4.79 Å². The van der Waals surface area contributed by atoms with Gasteiger partial charge in [0.25, 0.3) is 5.24 Å². The van der Waals surface area contributed by atoms with Gasteiger partial charge in [-0.15, -0.1) is 12.4 Å². The van der Waals surface area contributed by atoms with Gasteiger partial charge < -0.3 is 9.64 Å². The van der Waals surface area contributed by atoms with Crippen molar-refractivity contribution >= 4 is 41.0 Å². The molecule has 1 saturated carbocycles. The molecule has 1 aromatic carbocycles. The fourth-order valence-corrected chi connectivity index (χ4v) is 5.35. The van der Waals surface area contributed by atoms with Crippen LogP contribution in [0.1, 0.15) is 44.9 Å². The second-order valence-corrected chi connectivity index (χ2v) is 9.41. The molecule has 1 aromatic rings. The number of nitrogens with zero attached hydrogens (tertiary/aromatic N) is 3. The van der Waals surface area contributed by atoms with Crippen molar-refractivity contribution < 1.29 is 14.3 Å². The average molecular weight is 468 g/mol. The van der Waals surface area contributed by atoms with Crippen molar-refractivity contribution in [3.05, 3.63) is 24.3 Å². The van der Waals surface area contributed by atoms with Gasteiger partial charge in [-0.25, -0.2) is 0 Å². The molecular weight excluding hydrogens is 434 g/mol. The lowest BCUT2D eigenvalue weighted by atomic mass is 10.2. The molecule has 31 heavy (non-hydrogen) atoms. The number of rotatable bonds is 9. The van der Waals surface area contributed by atoms with Crippen molar-refractivity contribution in [2.24, 2.45) is 0 Å². The van der Waals surface area contributed by atoms with Crippen LogP contribution in [0.4, 0.5) is 10.5 Å². The molecular formula is C23H34ClN3O3S. The Balaban J connectivity index is 0.00000272. The van der Waals surface area contributed by atoms with Crippen LogP contribution in [0.25, 0.3) is 0 Å². The number of piperazine rings is 1. The maximum absolute atomic E-state index is 11.6. The number of benzene rings is 1. The van der Waals surface area contributed by atoms with Gasteiger partial charge in [0.05, 0.1) is 17.5 Å². The number of thioether (sulfide) groups is 1. The largest absolute Gasteiger partial charge is 0.488 e. The molecule has 0 N–H and O–H groups in total. The van der Waals surface area contributed by atoms with Crippen LogP contribution >= 0.6 is 24.2 Å². The van der Waals surface area contributed by atoms with E-state index in [4.69, 9.17) is 4.74 Å². The number of carbonyl (C=O) groups excluding carboxylic acids is 2. The van der Waals surface area contributed by atoms with Crippen LogP contribution in [0.2, 0.25) is 0 Å². The Hall–Kier alpha value is -1.44. The average Bonchev–Trinajstić information content (AvgIpc) is 3.39. The Morgan fingerprint density at radius 3 is 2.35 bits per heavy atom. The number of halogens is 1. The second kappa shape index (κ2) is 12.0. The molecule has 2 aliphatic heterocycles. The highest BCUT2D eigenvalue weighted by Gasteiger charge is 2.29. The van der Waals surface area contributed by atoms with E-state index in [1.807, 2.05) is 0 Å². The molecule has 0 aromatic heterocycles. The minimum absolute atomic E-state index is 0. The summed E-state index contributed by atoms with van der Waals surface area (Å²) < 4.78 is 6.33. The van der Waals surface area contributed by atoms with E-state index in [-0.39, 0.29) is 23.6 Å². The molecule has 6 nitrogen and oxygen atoms in total. The molecule has 3 aliphatic rings. The number of imide groups is 1. The third kappa shape index (κ3) is 6.53. The number of hydrogen-bond acceptors (Lipinski definition) is 6. The summed E-state index contributed by atoms with van der Waals surface area (Å²) in [6.07, 6.45) is 8.40. The van der Waals surface area contributed by atoms with E-state index in [1.165, 1.54) is 36.3 Å². The minimum atomic E-state index is -0.0756. The van der Waals surface area contributed by atoms with Crippen molar-refractivity contribution in [1.82, 2.24) is 9.80 Å². The molecule has 0 radical (unpaired) electrons. The second-order valence-electron chi connectivity index (χ2n) is 8.48. The van der Waals surface area contributed by atoms with Crippen LogP contribution in [0.3, 0.4) is 0 Å². The lowest BCUT2D eigenvalue weighted by molar-refractivity contribution is -0.124. The van der Waals surface area contributed by atoms with E-state index >= 15 is 0 Å². The number of amides is 2. The van der Waals surface area contributed by atoms with Crippen molar-refractivity contribution in [3.8, 4) is 5.75 Å². The maximum Gasteiger partial charge on any atom is 0.288 e. The van der Waals surface area contributed by atoms with Crippen molar-refractivity contribution in [3.63, 3.8) is 0 Å². The third-order valence-corrected chi connectivity index (χ3v) is 7.23. The summed E-state index contributed by atoms with van der Waals surface area (Å²) in [6, 6.07) is 8.50. The Morgan fingerprint density at radius 1 is 0.935 bits per heavy atom. The number of anilines is 1. The highest BCUT2D eigenvalue weighted by molar-refractivity contribution is 8.14. The van der Waals surface area contributed by atoms with Crippen molar-refractivity contribution in [2.75, 3.05) is 49.9 Å². The zero-order valence-electron chi connectivity index (χ0n) is 18.2. The van der Waals surface area contributed by atoms with E-state index in [0.29, 0.717) is 18.4 Å². The Morgan fingerprint density at radius 2 is 1.65 bits per heavy atom. The Labute approximate surface area is 196 Å².